The minimum Gasteiger partial charge on any atom is -0.306 e. The molecule has 1 aliphatic carbocycles. The van der Waals surface area contributed by atoms with Crippen LogP contribution >= 0.6 is 24.4 Å². The fourth-order valence-corrected chi connectivity index (χ4v) is 3.81. The highest BCUT2D eigenvalue weighted by atomic mass is 32.2. The Labute approximate surface area is 118 Å². The summed E-state index contributed by atoms with van der Waals surface area (Å²) in [5.74, 6) is 2.36. The Morgan fingerprint density at radius 2 is 1.82 bits per heavy atom. The molecule has 1 rings (SSSR count). The largest absolute Gasteiger partial charge is 0.306 e. The molecule has 3 heteroatoms. The molecular weight excluding hydrogens is 246 g/mol. The van der Waals surface area contributed by atoms with E-state index in [0.717, 1.165) is 5.75 Å². The van der Waals surface area contributed by atoms with E-state index in [-0.39, 0.29) is 0 Å². The van der Waals surface area contributed by atoms with Gasteiger partial charge in [-0.2, -0.15) is 24.4 Å². The first-order chi connectivity index (χ1) is 8.22. The van der Waals surface area contributed by atoms with Crippen molar-refractivity contribution in [2.75, 3.05) is 37.9 Å². The topological polar surface area (TPSA) is 3.24 Å². The third-order valence-corrected chi connectivity index (χ3v) is 5.36. The molecule has 0 aromatic carbocycles. The van der Waals surface area contributed by atoms with E-state index < -0.39 is 0 Å². The van der Waals surface area contributed by atoms with Crippen LogP contribution in [0.25, 0.3) is 0 Å². The summed E-state index contributed by atoms with van der Waals surface area (Å²) in [6.07, 6.45) is 12.0. The van der Waals surface area contributed by atoms with Crippen molar-refractivity contribution in [3.05, 3.63) is 0 Å². The first kappa shape index (κ1) is 15.7. The zero-order valence-corrected chi connectivity index (χ0v) is 13.3. The number of hydrogen-bond donors (Lipinski definition) is 1. The van der Waals surface area contributed by atoms with E-state index in [9.17, 15) is 0 Å². The average Bonchev–Trinajstić information content (AvgIpc) is 2.56. The standard InChI is InChI=1S/C14H29NS2/c1-15(10-7-11-17-2)12-14(13-16)8-5-3-4-6-9-14/h16H,3-13H2,1-2H3. The van der Waals surface area contributed by atoms with Gasteiger partial charge in [0.2, 0.25) is 0 Å². The third-order valence-electron chi connectivity index (χ3n) is 3.99. The van der Waals surface area contributed by atoms with Crippen LogP contribution in [-0.2, 0) is 0 Å². The molecule has 1 nitrogen and oxygen atoms in total. The minimum absolute atomic E-state index is 0.508. The lowest BCUT2D eigenvalue weighted by atomic mass is 9.82. The number of thiol groups is 1. The van der Waals surface area contributed by atoms with E-state index in [0.29, 0.717) is 5.41 Å². The highest BCUT2D eigenvalue weighted by Crippen LogP contribution is 2.36. The molecule has 0 aliphatic heterocycles. The van der Waals surface area contributed by atoms with Gasteiger partial charge in [0.1, 0.15) is 0 Å². The van der Waals surface area contributed by atoms with Crippen molar-refractivity contribution in [1.29, 1.82) is 0 Å². The van der Waals surface area contributed by atoms with Gasteiger partial charge in [-0.25, -0.2) is 0 Å². The van der Waals surface area contributed by atoms with Gasteiger partial charge >= 0.3 is 0 Å². The van der Waals surface area contributed by atoms with Crippen molar-refractivity contribution in [2.45, 2.75) is 44.9 Å². The molecule has 0 radical (unpaired) electrons. The van der Waals surface area contributed by atoms with Gasteiger partial charge < -0.3 is 4.90 Å². The van der Waals surface area contributed by atoms with Crippen LogP contribution in [0.1, 0.15) is 44.9 Å². The summed E-state index contributed by atoms with van der Waals surface area (Å²) in [6, 6.07) is 0. The van der Waals surface area contributed by atoms with Crippen LogP contribution in [0.2, 0.25) is 0 Å². The van der Waals surface area contributed by atoms with Crippen molar-refractivity contribution in [1.82, 2.24) is 4.90 Å². The minimum atomic E-state index is 0.508. The molecule has 0 bridgehead atoms. The van der Waals surface area contributed by atoms with Crippen LogP contribution in [0.15, 0.2) is 0 Å². The highest BCUT2D eigenvalue weighted by molar-refractivity contribution is 7.98. The van der Waals surface area contributed by atoms with E-state index in [2.05, 4.69) is 30.8 Å². The van der Waals surface area contributed by atoms with Crippen LogP contribution < -0.4 is 0 Å². The predicted molar refractivity (Wildman–Crippen MR) is 84.5 cm³/mol. The molecule has 1 aliphatic rings. The van der Waals surface area contributed by atoms with Gasteiger partial charge in [0.05, 0.1) is 0 Å². The van der Waals surface area contributed by atoms with Crippen molar-refractivity contribution in [2.24, 2.45) is 5.41 Å². The van der Waals surface area contributed by atoms with Crippen LogP contribution in [0.3, 0.4) is 0 Å². The van der Waals surface area contributed by atoms with Gasteiger partial charge in [-0.15, -0.1) is 0 Å². The smallest absolute Gasteiger partial charge is 0.00427 e. The summed E-state index contributed by atoms with van der Waals surface area (Å²) in [5, 5.41) is 0. The molecule has 0 amide bonds. The maximum Gasteiger partial charge on any atom is 0.00427 e. The van der Waals surface area contributed by atoms with Crippen LogP contribution in [0, 0.1) is 5.41 Å². The lowest BCUT2D eigenvalue weighted by Crippen LogP contribution is -2.37. The fourth-order valence-electron chi connectivity index (χ4n) is 2.98. The SMILES string of the molecule is CSCCCN(C)CC1(CS)CCCCCC1. The normalized spacial score (nSPS) is 20.5. The monoisotopic (exact) mass is 275 g/mol. The zero-order chi connectivity index (χ0) is 12.6. The summed E-state index contributed by atoms with van der Waals surface area (Å²) in [6.45, 7) is 2.50. The Hall–Kier alpha value is 0.660. The van der Waals surface area contributed by atoms with Crippen molar-refractivity contribution in [3.8, 4) is 0 Å². The molecule has 0 aromatic heterocycles. The number of thioether (sulfide) groups is 1. The van der Waals surface area contributed by atoms with Gasteiger partial charge in [-0.05, 0) is 56.0 Å². The van der Waals surface area contributed by atoms with E-state index in [1.54, 1.807) is 0 Å². The molecule has 0 aromatic rings. The van der Waals surface area contributed by atoms with E-state index >= 15 is 0 Å². The van der Waals surface area contributed by atoms with E-state index in [1.165, 1.54) is 63.8 Å². The number of rotatable bonds is 7. The molecule has 0 saturated heterocycles. The second kappa shape index (κ2) is 8.71. The molecular formula is C14H29NS2. The molecule has 102 valence electrons. The van der Waals surface area contributed by atoms with Crippen molar-refractivity contribution in [3.63, 3.8) is 0 Å². The Morgan fingerprint density at radius 3 is 2.35 bits per heavy atom. The Morgan fingerprint density at radius 1 is 1.18 bits per heavy atom. The molecule has 1 saturated carbocycles. The second-order valence-electron chi connectivity index (χ2n) is 5.66. The lowest BCUT2D eigenvalue weighted by molar-refractivity contribution is 0.175. The zero-order valence-electron chi connectivity index (χ0n) is 11.6. The summed E-state index contributed by atoms with van der Waals surface area (Å²) >= 11 is 6.61. The van der Waals surface area contributed by atoms with Gasteiger partial charge in [-0.1, -0.05) is 25.7 Å². The lowest BCUT2D eigenvalue weighted by Gasteiger charge is -2.35. The molecule has 0 atom stereocenters. The van der Waals surface area contributed by atoms with Crippen LogP contribution in [0.4, 0.5) is 0 Å². The van der Waals surface area contributed by atoms with Crippen LogP contribution in [-0.4, -0.2) is 42.8 Å². The van der Waals surface area contributed by atoms with Gasteiger partial charge in [0.25, 0.3) is 0 Å². The fraction of sp³-hybridized carbons (Fsp3) is 1.00. The van der Waals surface area contributed by atoms with Gasteiger partial charge in [0, 0.05) is 6.54 Å². The Balaban J connectivity index is 2.37. The number of hydrogen-bond acceptors (Lipinski definition) is 3. The van der Waals surface area contributed by atoms with E-state index in [4.69, 9.17) is 0 Å². The third kappa shape index (κ3) is 5.89. The summed E-state index contributed by atoms with van der Waals surface area (Å²) in [7, 11) is 2.29. The quantitative estimate of drug-likeness (QED) is 0.426. The first-order valence-corrected chi connectivity index (χ1v) is 9.03. The van der Waals surface area contributed by atoms with Crippen molar-refractivity contribution >= 4 is 24.4 Å². The molecule has 0 heterocycles. The average molecular weight is 276 g/mol. The van der Waals surface area contributed by atoms with Crippen molar-refractivity contribution < 1.29 is 0 Å². The molecule has 0 spiro atoms. The molecule has 1 fully saturated rings. The Bertz CT molecular complexity index is 189. The summed E-state index contributed by atoms with van der Waals surface area (Å²) in [5.41, 5.74) is 0.508. The Kier molecular flexibility index (Phi) is 8.05. The van der Waals surface area contributed by atoms with E-state index in [1.807, 2.05) is 11.8 Å². The second-order valence-corrected chi connectivity index (χ2v) is 6.96. The molecule has 0 N–H and O–H groups in total. The van der Waals surface area contributed by atoms with Gasteiger partial charge in [-0.3, -0.25) is 0 Å². The number of nitrogens with zero attached hydrogens (tertiary/aromatic N) is 1. The maximum atomic E-state index is 4.65. The first-order valence-electron chi connectivity index (χ1n) is 7.01. The summed E-state index contributed by atoms with van der Waals surface area (Å²) in [4.78, 5) is 2.54. The maximum absolute atomic E-state index is 4.65. The van der Waals surface area contributed by atoms with Gasteiger partial charge in [0.15, 0.2) is 0 Å². The molecule has 17 heavy (non-hydrogen) atoms. The summed E-state index contributed by atoms with van der Waals surface area (Å²) < 4.78 is 0. The van der Waals surface area contributed by atoms with Crippen LogP contribution in [0.5, 0.6) is 0 Å². The highest BCUT2D eigenvalue weighted by Gasteiger charge is 2.30. The molecule has 0 unspecified atom stereocenters. The predicted octanol–water partition coefficient (Wildman–Crippen LogP) is 3.94.